The maximum atomic E-state index is 13.0. The van der Waals surface area contributed by atoms with E-state index in [0.717, 1.165) is 23.7 Å². The minimum atomic E-state index is -0.193. The van der Waals surface area contributed by atoms with E-state index in [4.69, 9.17) is 0 Å². The van der Waals surface area contributed by atoms with Gasteiger partial charge in [-0.05, 0) is 53.4 Å². The molecule has 6 nitrogen and oxygen atoms in total. The van der Waals surface area contributed by atoms with Crippen LogP contribution in [-0.4, -0.2) is 51.9 Å². The molecule has 7 heteroatoms. The number of carbonyl (C=O) groups is 2. The maximum Gasteiger partial charge on any atom is 0.253 e. The van der Waals surface area contributed by atoms with Crippen molar-refractivity contribution in [3.8, 4) is 0 Å². The molecule has 0 atom stereocenters. The van der Waals surface area contributed by atoms with Crippen LogP contribution in [0.15, 0.2) is 57.9 Å². The molecule has 29 heavy (non-hydrogen) atoms. The highest BCUT2D eigenvalue weighted by Crippen LogP contribution is 2.19. The van der Waals surface area contributed by atoms with Gasteiger partial charge in [0, 0.05) is 48.0 Å². The Bertz CT molecular complexity index is 905. The first-order valence-electron chi connectivity index (χ1n) is 9.99. The first-order chi connectivity index (χ1) is 14.0. The number of hydrogen-bond donors (Lipinski definition) is 0. The number of halogens is 1. The standard InChI is InChI=1S/C22H26BrN3O3/c1-2-12-26(21(28)16-25-15-18(23)8-9-20(25)27)19-10-13-24(14-11-19)22(29)17-6-4-3-5-7-17/h3-9,15,19H,2,10-14,16H2,1H3. The molecule has 0 N–H and O–H groups in total. The Hall–Kier alpha value is -2.41. The number of carbonyl (C=O) groups excluding carboxylic acids is 2. The van der Waals surface area contributed by atoms with Crippen LogP contribution < -0.4 is 5.56 Å². The fraction of sp³-hybridized carbons (Fsp3) is 0.409. The minimum absolute atomic E-state index is 0.0292. The van der Waals surface area contributed by atoms with E-state index >= 15 is 0 Å². The lowest BCUT2D eigenvalue weighted by molar-refractivity contribution is -0.135. The van der Waals surface area contributed by atoms with Crippen LogP contribution in [0.1, 0.15) is 36.5 Å². The third kappa shape index (κ3) is 5.35. The predicted molar refractivity (Wildman–Crippen MR) is 116 cm³/mol. The van der Waals surface area contributed by atoms with E-state index in [1.165, 1.54) is 10.6 Å². The van der Waals surface area contributed by atoms with E-state index in [1.807, 2.05) is 47.1 Å². The largest absolute Gasteiger partial charge is 0.338 e. The molecule has 2 amide bonds. The zero-order valence-electron chi connectivity index (χ0n) is 16.6. The third-order valence-corrected chi connectivity index (χ3v) is 5.72. The van der Waals surface area contributed by atoms with Gasteiger partial charge in [-0.25, -0.2) is 0 Å². The van der Waals surface area contributed by atoms with E-state index < -0.39 is 0 Å². The van der Waals surface area contributed by atoms with Crippen molar-refractivity contribution >= 4 is 27.7 Å². The summed E-state index contributed by atoms with van der Waals surface area (Å²) < 4.78 is 2.20. The number of nitrogens with zero attached hydrogens (tertiary/aromatic N) is 3. The summed E-state index contributed by atoms with van der Waals surface area (Å²) in [7, 11) is 0. The first-order valence-corrected chi connectivity index (χ1v) is 10.8. The molecule has 0 radical (unpaired) electrons. The summed E-state index contributed by atoms with van der Waals surface area (Å²) in [6.45, 7) is 3.98. The van der Waals surface area contributed by atoms with Crippen LogP contribution >= 0.6 is 15.9 Å². The lowest BCUT2D eigenvalue weighted by Gasteiger charge is -2.38. The Morgan fingerprint density at radius 3 is 2.45 bits per heavy atom. The van der Waals surface area contributed by atoms with Crippen molar-refractivity contribution in [1.29, 1.82) is 0 Å². The quantitative estimate of drug-likeness (QED) is 0.666. The van der Waals surface area contributed by atoms with Gasteiger partial charge in [-0.3, -0.25) is 14.4 Å². The van der Waals surface area contributed by atoms with E-state index in [9.17, 15) is 14.4 Å². The molecule has 1 fully saturated rings. The molecule has 0 bridgehead atoms. The van der Waals surface area contributed by atoms with Crippen molar-refractivity contribution in [2.24, 2.45) is 0 Å². The highest BCUT2D eigenvalue weighted by Gasteiger charge is 2.29. The van der Waals surface area contributed by atoms with Crippen molar-refractivity contribution in [2.75, 3.05) is 19.6 Å². The molecule has 0 spiro atoms. The molecule has 3 rings (SSSR count). The number of likely N-dealkylation sites (tertiary alicyclic amines) is 1. The summed E-state index contributed by atoms with van der Waals surface area (Å²) in [4.78, 5) is 41.4. The van der Waals surface area contributed by atoms with Gasteiger partial charge in [0.05, 0.1) is 0 Å². The number of benzene rings is 1. The molecular formula is C22H26BrN3O3. The molecule has 1 saturated heterocycles. The number of amides is 2. The number of piperidine rings is 1. The second-order valence-electron chi connectivity index (χ2n) is 7.29. The van der Waals surface area contributed by atoms with E-state index in [-0.39, 0.29) is 30.0 Å². The van der Waals surface area contributed by atoms with Crippen LogP contribution in [-0.2, 0) is 11.3 Å². The maximum absolute atomic E-state index is 13.0. The van der Waals surface area contributed by atoms with E-state index in [0.29, 0.717) is 25.2 Å². The highest BCUT2D eigenvalue weighted by molar-refractivity contribution is 9.10. The van der Waals surface area contributed by atoms with E-state index in [1.54, 1.807) is 12.3 Å². The summed E-state index contributed by atoms with van der Waals surface area (Å²) in [5.74, 6) is -0.0157. The van der Waals surface area contributed by atoms with Gasteiger partial charge >= 0.3 is 0 Å². The third-order valence-electron chi connectivity index (χ3n) is 5.25. The molecule has 1 aliphatic rings. The van der Waals surface area contributed by atoms with Crippen molar-refractivity contribution < 1.29 is 9.59 Å². The number of pyridine rings is 1. The van der Waals surface area contributed by atoms with Gasteiger partial charge in [-0.1, -0.05) is 25.1 Å². The molecule has 1 aromatic heterocycles. The SMILES string of the molecule is CCCN(C(=O)Cn1cc(Br)ccc1=O)C1CCN(C(=O)c2ccccc2)CC1. The van der Waals surface area contributed by atoms with Crippen LogP contribution in [0.25, 0.3) is 0 Å². The first kappa shape index (κ1) is 21.3. The zero-order valence-corrected chi connectivity index (χ0v) is 18.2. The van der Waals surface area contributed by atoms with Gasteiger partial charge in [-0.15, -0.1) is 0 Å². The number of hydrogen-bond acceptors (Lipinski definition) is 3. The van der Waals surface area contributed by atoms with Crippen LogP contribution in [0, 0.1) is 0 Å². The fourth-order valence-electron chi connectivity index (χ4n) is 3.76. The Kier molecular flexibility index (Phi) is 7.25. The van der Waals surface area contributed by atoms with Crippen molar-refractivity contribution in [2.45, 2.75) is 38.8 Å². The van der Waals surface area contributed by atoms with Crippen LogP contribution in [0.4, 0.5) is 0 Å². The Morgan fingerprint density at radius 1 is 1.10 bits per heavy atom. The second kappa shape index (κ2) is 9.87. The van der Waals surface area contributed by atoms with E-state index in [2.05, 4.69) is 15.9 Å². The van der Waals surface area contributed by atoms with Crippen LogP contribution in [0.5, 0.6) is 0 Å². The average Bonchev–Trinajstić information content (AvgIpc) is 2.75. The van der Waals surface area contributed by atoms with Gasteiger partial charge in [0.2, 0.25) is 5.91 Å². The number of rotatable bonds is 6. The predicted octanol–water partition coefficient (Wildman–Crippen LogP) is 3.15. The molecule has 1 aromatic carbocycles. The average molecular weight is 460 g/mol. The Labute approximate surface area is 179 Å². The van der Waals surface area contributed by atoms with Crippen molar-refractivity contribution in [3.63, 3.8) is 0 Å². The molecule has 0 unspecified atom stereocenters. The molecule has 1 aliphatic heterocycles. The number of aromatic nitrogens is 1. The summed E-state index contributed by atoms with van der Waals surface area (Å²) in [5, 5.41) is 0. The van der Waals surface area contributed by atoms with Crippen LogP contribution in [0.3, 0.4) is 0 Å². The van der Waals surface area contributed by atoms with Gasteiger partial charge in [0.15, 0.2) is 0 Å². The topological polar surface area (TPSA) is 62.6 Å². The molecule has 154 valence electrons. The zero-order chi connectivity index (χ0) is 20.8. The van der Waals surface area contributed by atoms with Gasteiger partial charge in [0.1, 0.15) is 6.54 Å². The summed E-state index contributed by atoms with van der Waals surface area (Å²) in [6, 6.07) is 12.5. The lowest BCUT2D eigenvalue weighted by Crippen LogP contribution is -2.50. The van der Waals surface area contributed by atoms with Gasteiger partial charge < -0.3 is 14.4 Å². The van der Waals surface area contributed by atoms with Crippen molar-refractivity contribution in [1.82, 2.24) is 14.4 Å². The Balaban J connectivity index is 1.64. The molecule has 0 aliphatic carbocycles. The lowest BCUT2D eigenvalue weighted by atomic mass is 10.0. The van der Waals surface area contributed by atoms with Crippen molar-refractivity contribution in [3.05, 3.63) is 69.1 Å². The summed E-state index contributed by atoms with van der Waals surface area (Å²) in [6.07, 6.45) is 3.99. The molecule has 2 heterocycles. The monoisotopic (exact) mass is 459 g/mol. The van der Waals surface area contributed by atoms with Crippen LogP contribution in [0.2, 0.25) is 0 Å². The molecular weight excluding hydrogens is 434 g/mol. The fourth-order valence-corrected chi connectivity index (χ4v) is 4.14. The van der Waals surface area contributed by atoms with Gasteiger partial charge in [0.25, 0.3) is 11.5 Å². The highest BCUT2D eigenvalue weighted by atomic mass is 79.9. The Morgan fingerprint density at radius 2 is 1.79 bits per heavy atom. The normalized spacial score (nSPS) is 14.6. The summed E-state index contributed by atoms with van der Waals surface area (Å²) >= 11 is 3.35. The summed E-state index contributed by atoms with van der Waals surface area (Å²) in [5.41, 5.74) is 0.503. The second-order valence-corrected chi connectivity index (χ2v) is 8.21. The molecule has 2 aromatic rings. The molecule has 0 saturated carbocycles. The smallest absolute Gasteiger partial charge is 0.253 e. The van der Waals surface area contributed by atoms with Gasteiger partial charge in [-0.2, -0.15) is 0 Å². The minimum Gasteiger partial charge on any atom is -0.338 e.